The van der Waals surface area contributed by atoms with E-state index in [1.807, 2.05) is 31.2 Å². The lowest BCUT2D eigenvalue weighted by Gasteiger charge is -2.37. The van der Waals surface area contributed by atoms with Gasteiger partial charge in [-0.2, -0.15) is 0 Å². The fourth-order valence-electron chi connectivity index (χ4n) is 5.19. The van der Waals surface area contributed by atoms with Crippen molar-refractivity contribution in [3.8, 4) is 5.75 Å². The van der Waals surface area contributed by atoms with Gasteiger partial charge in [0.05, 0.1) is 20.3 Å². The van der Waals surface area contributed by atoms with E-state index in [9.17, 15) is 0 Å². The molecule has 2 aromatic carbocycles. The molecule has 1 saturated heterocycles. The summed E-state index contributed by atoms with van der Waals surface area (Å²) in [4.78, 5) is 2.30. The molecule has 0 spiro atoms. The number of aryl methyl sites for hydroxylation is 1. The first kappa shape index (κ1) is 25.2. The number of allylic oxidation sites excluding steroid dienone is 1. The molecule has 36 heavy (non-hydrogen) atoms. The maximum Gasteiger partial charge on any atom is 0.160 e. The number of halogens is 1. The SMILES string of the molecule is COc1ccc(Cl)cc1N=P(C=C1N(C)c2ccccc2C1(C)C)(c1ccc(C)o1)N1CCOCC1. The van der Waals surface area contributed by atoms with Crippen LogP contribution in [0.15, 0.2) is 75.3 Å². The third-order valence-corrected chi connectivity index (χ3v) is 10.6. The van der Waals surface area contributed by atoms with Crippen molar-refractivity contribution in [3.05, 3.63) is 82.5 Å². The molecule has 2 aliphatic heterocycles. The molecule has 2 aliphatic rings. The minimum atomic E-state index is -2.61. The van der Waals surface area contributed by atoms with Gasteiger partial charge < -0.3 is 18.8 Å². The number of nitrogens with zero attached hydrogens (tertiary/aromatic N) is 3. The van der Waals surface area contributed by atoms with Gasteiger partial charge in [0.25, 0.3) is 0 Å². The predicted octanol–water partition coefficient (Wildman–Crippen LogP) is 6.92. The summed E-state index contributed by atoms with van der Waals surface area (Å²) in [5.74, 6) is 3.91. The van der Waals surface area contributed by atoms with Crippen LogP contribution in [0, 0.1) is 6.92 Å². The topological polar surface area (TPSA) is 50.4 Å². The Morgan fingerprint density at radius 2 is 1.83 bits per heavy atom. The van der Waals surface area contributed by atoms with Gasteiger partial charge in [-0.1, -0.05) is 43.6 Å². The van der Waals surface area contributed by atoms with Crippen molar-refractivity contribution in [1.29, 1.82) is 0 Å². The van der Waals surface area contributed by atoms with Crippen LogP contribution in [0.4, 0.5) is 11.4 Å². The van der Waals surface area contributed by atoms with Gasteiger partial charge in [0.2, 0.25) is 0 Å². The Kier molecular flexibility index (Phi) is 6.82. The first-order valence-electron chi connectivity index (χ1n) is 12.2. The van der Waals surface area contributed by atoms with Gasteiger partial charge in [0.1, 0.15) is 24.4 Å². The van der Waals surface area contributed by atoms with Gasteiger partial charge in [-0.25, -0.2) is 4.74 Å². The maximum atomic E-state index is 6.45. The average Bonchev–Trinajstić information content (AvgIpc) is 3.40. The summed E-state index contributed by atoms with van der Waals surface area (Å²) >= 11 is 6.45. The van der Waals surface area contributed by atoms with E-state index < -0.39 is 7.21 Å². The standard InChI is InChI=1S/C28H33ClN3O3P/c1-20-10-13-27(35-20)36(32-14-16-34-17-15-32,30-23-18-21(29)11-12-25(23)33-5)19-26-28(2,3)22-8-6-7-9-24(22)31(26)4/h6-13,18-19H,14-17H2,1-5H3. The summed E-state index contributed by atoms with van der Waals surface area (Å²) in [6.07, 6.45) is 0. The van der Waals surface area contributed by atoms with Crippen LogP contribution in [0.2, 0.25) is 5.02 Å². The normalized spacial score (nSPS) is 20.3. The van der Waals surface area contributed by atoms with Gasteiger partial charge in [-0.15, -0.1) is 0 Å². The van der Waals surface area contributed by atoms with E-state index in [0.717, 1.165) is 24.4 Å². The maximum absolute atomic E-state index is 6.45. The highest BCUT2D eigenvalue weighted by Crippen LogP contribution is 2.61. The van der Waals surface area contributed by atoms with E-state index in [1.165, 1.54) is 16.9 Å². The third kappa shape index (κ3) is 4.31. The molecular weight excluding hydrogens is 493 g/mol. The summed E-state index contributed by atoms with van der Waals surface area (Å²) in [7, 11) is 1.19. The van der Waals surface area contributed by atoms with Crippen LogP contribution in [-0.2, 0) is 10.2 Å². The van der Waals surface area contributed by atoms with E-state index in [0.29, 0.717) is 29.7 Å². The van der Waals surface area contributed by atoms with Gasteiger partial charge in [-0.3, -0.25) is 4.67 Å². The summed E-state index contributed by atoms with van der Waals surface area (Å²) < 4.78 is 25.9. The minimum absolute atomic E-state index is 0.210. The Labute approximate surface area is 218 Å². The smallest absolute Gasteiger partial charge is 0.160 e. The Morgan fingerprint density at radius 1 is 1.08 bits per heavy atom. The van der Waals surface area contributed by atoms with Crippen LogP contribution in [-0.4, -0.2) is 45.1 Å². The zero-order valence-corrected chi connectivity index (χ0v) is 23.1. The first-order chi connectivity index (χ1) is 17.3. The minimum Gasteiger partial charge on any atom is -0.494 e. The third-order valence-electron chi connectivity index (χ3n) is 7.11. The van der Waals surface area contributed by atoms with Crippen LogP contribution in [0.1, 0.15) is 25.2 Å². The molecule has 6 nitrogen and oxygen atoms in total. The fraction of sp³-hybridized carbons (Fsp3) is 0.357. The molecule has 1 unspecified atom stereocenters. The molecule has 0 radical (unpaired) electrons. The molecule has 0 amide bonds. The Morgan fingerprint density at radius 3 is 2.50 bits per heavy atom. The number of methoxy groups -OCH3 is 1. The predicted molar refractivity (Wildman–Crippen MR) is 148 cm³/mol. The van der Waals surface area contributed by atoms with Gasteiger partial charge in [0, 0.05) is 42.0 Å². The number of ether oxygens (including phenoxy) is 2. The van der Waals surface area contributed by atoms with E-state index in [4.69, 9.17) is 30.2 Å². The zero-order chi connectivity index (χ0) is 25.5. The zero-order valence-electron chi connectivity index (χ0n) is 21.5. The second kappa shape index (κ2) is 9.75. The van der Waals surface area contributed by atoms with Crippen molar-refractivity contribution in [2.45, 2.75) is 26.2 Å². The fourth-order valence-corrected chi connectivity index (χ4v) is 8.87. The molecular formula is C28H33ClN3O3P. The summed E-state index contributed by atoms with van der Waals surface area (Å²) in [5, 5.41) is 0.614. The van der Waals surface area contributed by atoms with Crippen LogP contribution in [0.5, 0.6) is 5.75 Å². The monoisotopic (exact) mass is 525 g/mol. The molecule has 1 aromatic heterocycles. The largest absolute Gasteiger partial charge is 0.494 e. The average molecular weight is 526 g/mol. The van der Waals surface area contributed by atoms with Crippen molar-refractivity contribution in [2.24, 2.45) is 4.74 Å². The number of likely N-dealkylation sites (N-methyl/N-ethyl adjacent to an activating group) is 1. The van der Waals surface area contributed by atoms with Crippen molar-refractivity contribution in [3.63, 3.8) is 0 Å². The summed E-state index contributed by atoms with van der Waals surface area (Å²) in [6.45, 7) is 9.33. The second-order valence-corrected chi connectivity index (χ2v) is 12.9. The van der Waals surface area contributed by atoms with Crippen LogP contribution in [0.3, 0.4) is 0 Å². The molecule has 0 N–H and O–H groups in total. The number of furan rings is 1. The number of rotatable bonds is 5. The molecule has 3 heterocycles. The highest BCUT2D eigenvalue weighted by atomic mass is 35.5. The Bertz CT molecular complexity index is 1360. The molecule has 1 atom stereocenters. The van der Waals surface area contributed by atoms with E-state index >= 15 is 0 Å². The lowest BCUT2D eigenvalue weighted by Crippen LogP contribution is -2.36. The van der Waals surface area contributed by atoms with Crippen molar-refractivity contribution in [1.82, 2.24) is 4.67 Å². The lowest BCUT2D eigenvalue weighted by atomic mass is 9.84. The Hall–Kier alpha value is -2.50. The van der Waals surface area contributed by atoms with E-state index in [1.54, 1.807) is 7.11 Å². The summed E-state index contributed by atoms with van der Waals surface area (Å²) in [6, 6.07) is 18.3. The van der Waals surface area contributed by atoms with Crippen LogP contribution < -0.4 is 15.1 Å². The number of para-hydroxylation sites is 1. The van der Waals surface area contributed by atoms with Gasteiger partial charge in [-0.05, 0) is 54.7 Å². The number of fused-ring (bicyclic) bond motifs is 1. The van der Waals surface area contributed by atoms with Crippen LogP contribution >= 0.6 is 18.8 Å². The molecule has 0 aliphatic carbocycles. The number of anilines is 1. The molecule has 5 rings (SSSR count). The van der Waals surface area contributed by atoms with Crippen molar-refractivity contribution >= 4 is 35.7 Å². The molecule has 3 aromatic rings. The first-order valence-corrected chi connectivity index (χ1v) is 14.3. The van der Waals surface area contributed by atoms with Crippen molar-refractivity contribution in [2.75, 3.05) is 45.4 Å². The highest BCUT2D eigenvalue weighted by Gasteiger charge is 2.42. The van der Waals surface area contributed by atoms with Crippen LogP contribution in [0.25, 0.3) is 0 Å². The molecule has 8 heteroatoms. The number of hydrogen-bond donors (Lipinski definition) is 0. The van der Waals surface area contributed by atoms with Crippen molar-refractivity contribution < 1.29 is 13.9 Å². The highest BCUT2D eigenvalue weighted by molar-refractivity contribution is 7.74. The lowest BCUT2D eigenvalue weighted by molar-refractivity contribution is 0.0747. The van der Waals surface area contributed by atoms with E-state index in [-0.39, 0.29) is 5.41 Å². The number of benzene rings is 2. The Balaban J connectivity index is 1.84. The molecule has 190 valence electrons. The second-order valence-electron chi connectivity index (χ2n) is 9.73. The van der Waals surface area contributed by atoms with E-state index in [2.05, 4.69) is 66.6 Å². The number of morpholine rings is 1. The molecule has 0 saturated carbocycles. The molecule has 0 bridgehead atoms. The van der Waals surface area contributed by atoms with Gasteiger partial charge in [0.15, 0.2) is 5.50 Å². The molecule has 1 fully saturated rings. The summed E-state index contributed by atoms with van der Waals surface area (Å²) in [5.41, 5.74) is 5.07. The number of hydrogen-bond acceptors (Lipinski definition) is 5. The quantitative estimate of drug-likeness (QED) is 0.338. The van der Waals surface area contributed by atoms with Gasteiger partial charge >= 0.3 is 0 Å².